The Hall–Kier alpha value is -0.570. The molecule has 0 aliphatic rings. The van der Waals surface area contributed by atoms with E-state index in [2.05, 4.69) is 27.7 Å². The predicted octanol–water partition coefficient (Wildman–Crippen LogP) is 3.37. The highest BCUT2D eigenvalue weighted by molar-refractivity contribution is 5.72. The van der Waals surface area contributed by atoms with Crippen LogP contribution < -0.4 is 5.73 Å². The van der Waals surface area contributed by atoms with Crippen LogP contribution in [0.5, 0.6) is 0 Å². The number of carbonyl (C=O) groups excluding carboxylic acids is 1. The first-order valence-electron chi connectivity index (χ1n) is 7.41. The molecule has 2 N–H and O–H groups in total. The van der Waals surface area contributed by atoms with Gasteiger partial charge in [-0.1, -0.05) is 47.0 Å². The molecule has 0 aromatic heterocycles. The van der Waals surface area contributed by atoms with Crippen molar-refractivity contribution < 1.29 is 9.53 Å². The van der Waals surface area contributed by atoms with Crippen LogP contribution in [0.4, 0.5) is 0 Å². The number of esters is 1. The summed E-state index contributed by atoms with van der Waals surface area (Å²) in [5.74, 6) is 0.745. The molecular formula is C15H31NO2. The lowest BCUT2D eigenvalue weighted by atomic mass is 9.97. The Morgan fingerprint density at radius 2 is 1.94 bits per heavy atom. The van der Waals surface area contributed by atoms with Crippen LogP contribution in [0.25, 0.3) is 0 Å². The molecule has 0 aliphatic carbocycles. The van der Waals surface area contributed by atoms with Gasteiger partial charge >= 0.3 is 5.97 Å². The van der Waals surface area contributed by atoms with Crippen molar-refractivity contribution in [3.05, 3.63) is 0 Å². The fourth-order valence-corrected chi connectivity index (χ4v) is 2.07. The highest BCUT2D eigenvalue weighted by Gasteiger charge is 2.20. The van der Waals surface area contributed by atoms with E-state index in [1.807, 2.05) is 0 Å². The van der Waals surface area contributed by atoms with Gasteiger partial charge < -0.3 is 10.5 Å². The largest absolute Gasteiger partial charge is 0.465 e. The summed E-state index contributed by atoms with van der Waals surface area (Å²) in [6.45, 7) is 9.50. The predicted molar refractivity (Wildman–Crippen MR) is 76.3 cm³/mol. The fraction of sp³-hybridized carbons (Fsp3) is 0.933. The first-order chi connectivity index (χ1) is 8.54. The molecule has 3 nitrogen and oxygen atoms in total. The maximum atomic E-state index is 11.9. The van der Waals surface area contributed by atoms with Crippen LogP contribution in [-0.2, 0) is 9.53 Å². The SMILES string of the molecule is CCCCC(CC)COC(=O)C(CN)CC(C)C. The second kappa shape index (κ2) is 10.4. The zero-order valence-electron chi connectivity index (χ0n) is 12.6. The molecular weight excluding hydrogens is 226 g/mol. The second-order valence-corrected chi connectivity index (χ2v) is 5.61. The lowest BCUT2D eigenvalue weighted by molar-refractivity contribution is -0.150. The maximum Gasteiger partial charge on any atom is 0.310 e. The fourth-order valence-electron chi connectivity index (χ4n) is 2.07. The van der Waals surface area contributed by atoms with Gasteiger partial charge in [0.25, 0.3) is 0 Å². The van der Waals surface area contributed by atoms with Gasteiger partial charge in [-0.25, -0.2) is 0 Å². The molecule has 0 aromatic carbocycles. The first-order valence-corrected chi connectivity index (χ1v) is 7.41. The normalized spacial score (nSPS) is 14.6. The third-order valence-electron chi connectivity index (χ3n) is 3.38. The van der Waals surface area contributed by atoms with Crippen LogP contribution in [0.15, 0.2) is 0 Å². The van der Waals surface area contributed by atoms with Gasteiger partial charge in [0.05, 0.1) is 12.5 Å². The Bertz CT molecular complexity index is 217. The molecule has 2 unspecified atom stereocenters. The zero-order chi connectivity index (χ0) is 14.0. The van der Waals surface area contributed by atoms with Crippen molar-refractivity contribution in [1.82, 2.24) is 0 Å². The quantitative estimate of drug-likeness (QED) is 0.610. The summed E-state index contributed by atoms with van der Waals surface area (Å²) < 4.78 is 5.43. The first kappa shape index (κ1) is 17.4. The molecule has 2 atom stereocenters. The molecule has 0 radical (unpaired) electrons. The van der Waals surface area contributed by atoms with Crippen LogP contribution in [0, 0.1) is 17.8 Å². The van der Waals surface area contributed by atoms with Crippen molar-refractivity contribution in [3.63, 3.8) is 0 Å². The Morgan fingerprint density at radius 3 is 2.39 bits per heavy atom. The molecule has 0 aliphatic heterocycles. The smallest absolute Gasteiger partial charge is 0.310 e. The molecule has 0 heterocycles. The van der Waals surface area contributed by atoms with E-state index >= 15 is 0 Å². The molecule has 0 aromatic rings. The standard InChI is InChI=1S/C15H31NO2/c1-5-7-8-13(6-2)11-18-15(17)14(10-16)9-12(3)4/h12-14H,5-11,16H2,1-4H3. The number of nitrogens with two attached hydrogens (primary N) is 1. The number of unbranched alkanes of at least 4 members (excludes halogenated alkanes) is 1. The highest BCUT2D eigenvalue weighted by Crippen LogP contribution is 2.16. The average molecular weight is 257 g/mol. The van der Waals surface area contributed by atoms with E-state index in [0.717, 1.165) is 19.3 Å². The highest BCUT2D eigenvalue weighted by atomic mass is 16.5. The third-order valence-corrected chi connectivity index (χ3v) is 3.38. The Morgan fingerprint density at radius 1 is 1.28 bits per heavy atom. The monoisotopic (exact) mass is 257 g/mol. The van der Waals surface area contributed by atoms with Crippen molar-refractivity contribution in [2.75, 3.05) is 13.2 Å². The summed E-state index contributed by atoms with van der Waals surface area (Å²) >= 11 is 0. The molecule has 0 amide bonds. The zero-order valence-corrected chi connectivity index (χ0v) is 12.6. The molecule has 3 heteroatoms. The van der Waals surface area contributed by atoms with Crippen molar-refractivity contribution in [2.24, 2.45) is 23.5 Å². The Balaban J connectivity index is 4.03. The third kappa shape index (κ3) is 7.70. The lowest BCUT2D eigenvalue weighted by Gasteiger charge is -2.19. The van der Waals surface area contributed by atoms with Gasteiger partial charge in [0.2, 0.25) is 0 Å². The second-order valence-electron chi connectivity index (χ2n) is 5.61. The van der Waals surface area contributed by atoms with E-state index in [1.54, 1.807) is 0 Å². The molecule has 18 heavy (non-hydrogen) atoms. The van der Waals surface area contributed by atoms with Crippen molar-refractivity contribution >= 4 is 5.97 Å². The Kier molecular flexibility index (Phi) is 10.0. The average Bonchev–Trinajstić information content (AvgIpc) is 2.35. The molecule has 0 saturated heterocycles. The summed E-state index contributed by atoms with van der Waals surface area (Å²) in [6.07, 6.45) is 5.45. The van der Waals surface area contributed by atoms with Crippen molar-refractivity contribution in [2.45, 2.75) is 59.8 Å². The summed E-state index contributed by atoms with van der Waals surface area (Å²) in [5, 5.41) is 0. The van der Waals surface area contributed by atoms with Crippen LogP contribution in [0.3, 0.4) is 0 Å². The molecule has 0 bridgehead atoms. The minimum atomic E-state index is -0.131. The maximum absolute atomic E-state index is 11.9. The van der Waals surface area contributed by atoms with Gasteiger partial charge in [0.1, 0.15) is 0 Å². The number of hydrogen-bond acceptors (Lipinski definition) is 3. The number of rotatable bonds is 10. The molecule has 0 fully saturated rings. The van der Waals surface area contributed by atoms with Gasteiger partial charge in [0, 0.05) is 6.54 Å². The Labute approximate surface area is 112 Å². The van der Waals surface area contributed by atoms with Gasteiger partial charge in [-0.3, -0.25) is 4.79 Å². The van der Waals surface area contributed by atoms with Crippen LogP contribution >= 0.6 is 0 Å². The van der Waals surface area contributed by atoms with Crippen molar-refractivity contribution in [1.29, 1.82) is 0 Å². The van der Waals surface area contributed by atoms with Crippen molar-refractivity contribution in [3.8, 4) is 0 Å². The van der Waals surface area contributed by atoms with E-state index in [-0.39, 0.29) is 11.9 Å². The lowest BCUT2D eigenvalue weighted by Crippen LogP contribution is -2.28. The molecule has 108 valence electrons. The van der Waals surface area contributed by atoms with Gasteiger partial charge in [-0.2, -0.15) is 0 Å². The minimum absolute atomic E-state index is 0.110. The topological polar surface area (TPSA) is 52.3 Å². The molecule has 0 rings (SSSR count). The minimum Gasteiger partial charge on any atom is -0.465 e. The summed E-state index contributed by atoms with van der Waals surface area (Å²) in [6, 6.07) is 0. The van der Waals surface area contributed by atoms with Gasteiger partial charge in [0.15, 0.2) is 0 Å². The molecule has 0 spiro atoms. The van der Waals surface area contributed by atoms with Crippen LogP contribution in [-0.4, -0.2) is 19.1 Å². The van der Waals surface area contributed by atoms with Gasteiger partial charge in [-0.15, -0.1) is 0 Å². The summed E-state index contributed by atoms with van der Waals surface area (Å²) in [7, 11) is 0. The van der Waals surface area contributed by atoms with Crippen LogP contribution in [0.2, 0.25) is 0 Å². The number of hydrogen-bond donors (Lipinski definition) is 1. The van der Waals surface area contributed by atoms with Crippen LogP contribution in [0.1, 0.15) is 59.8 Å². The van der Waals surface area contributed by atoms with E-state index in [4.69, 9.17) is 10.5 Å². The van der Waals surface area contributed by atoms with E-state index < -0.39 is 0 Å². The number of ether oxygens (including phenoxy) is 1. The summed E-state index contributed by atoms with van der Waals surface area (Å²) in [4.78, 5) is 11.9. The number of carbonyl (C=O) groups is 1. The van der Waals surface area contributed by atoms with E-state index in [9.17, 15) is 4.79 Å². The van der Waals surface area contributed by atoms with E-state index in [0.29, 0.717) is 25.0 Å². The molecule has 0 saturated carbocycles. The van der Waals surface area contributed by atoms with Gasteiger partial charge in [-0.05, 0) is 24.7 Å². The summed E-state index contributed by atoms with van der Waals surface area (Å²) in [5.41, 5.74) is 5.64. The van der Waals surface area contributed by atoms with E-state index in [1.165, 1.54) is 12.8 Å².